The van der Waals surface area contributed by atoms with Crippen molar-refractivity contribution in [2.45, 2.75) is 92.3 Å². The van der Waals surface area contributed by atoms with E-state index in [4.69, 9.17) is 4.74 Å². The molecule has 0 aromatic carbocycles. The lowest BCUT2D eigenvalue weighted by molar-refractivity contribution is -0.128. The van der Waals surface area contributed by atoms with E-state index in [1.807, 2.05) is 41.5 Å². The minimum atomic E-state index is -0.569. The van der Waals surface area contributed by atoms with Crippen LogP contribution in [0, 0.1) is 5.41 Å². The summed E-state index contributed by atoms with van der Waals surface area (Å²) in [5.74, 6) is 0.0418. The van der Waals surface area contributed by atoms with E-state index in [1.165, 1.54) is 0 Å². The molecule has 5 heteroatoms. The van der Waals surface area contributed by atoms with E-state index in [9.17, 15) is 9.59 Å². The number of carbonyl (C=O) groups excluding carboxylic acids is 2. The molecule has 5 nitrogen and oxygen atoms in total. The predicted octanol–water partition coefficient (Wildman–Crippen LogP) is 3.66. The van der Waals surface area contributed by atoms with Gasteiger partial charge in [0, 0.05) is 11.5 Å². The second-order valence-corrected chi connectivity index (χ2v) is 8.42. The van der Waals surface area contributed by atoms with Crippen LogP contribution in [-0.2, 0) is 9.53 Å². The first-order valence-electron chi connectivity index (χ1n) is 8.60. The summed E-state index contributed by atoms with van der Waals surface area (Å²) in [5, 5.41) is 6.10. The average Bonchev–Trinajstić information content (AvgIpc) is 2.32. The van der Waals surface area contributed by atoms with Gasteiger partial charge in [-0.15, -0.1) is 0 Å². The number of Topliss-reactive ketones (excluding diaryl/α,β-unsaturated/α-hetero) is 1. The third kappa shape index (κ3) is 11.1. The fourth-order valence-corrected chi connectivity index (χ4v) is 2.11. The fourth-order valence-electron chi connectivity index (χ4n) is 2.11. The highest BCUT2D eigenvalue weighted by molar-refractivity contribution is 5.91. The number of rotatable bonds is 8. The van der Waals surface area contributed by atoms with Gasteiger partial charge in [0.2, 0.25) is 0 Å². The molecule has 0 fully saturated rings. The molecular formula is C18H36N2O3. The quantitative estimate of drug-likeness (QED) is 0.667. The van der Waals surface area contributed by atoms with Gasteiger partial charge in [-0.2, -0.15) is 0 Å². The molecule has 1 unspecified atom stereocenters. The van der Waals surface area contributed by atoms with Gasteiger partial charge in [-0.1, -0.05) is 34.6 Å². The van der Waals surface area contributed by atoms with Crippen LogP contribution in [0.3, 0.4) is 0 Å². The number of nitrogens with one attached hydrogen (secondary N) is 2. The van der Waals surface area contributed by atoms with Gasteiger partial charge in [0.05, 0.1) is 6.04 Å². The number of amides is 1. The lowest BCUT2D eigenvalue weighted by Crippen LogP contribution is -2.47. The Morgan fingerprint density at radius 2 is 1.57 bits per heavy atom. The maximum atomic E-state index is 12.6. The second-order valence-electron chi connectivity index (χ2n) is 8.42. The van der Waals surface area contributed by atoms with Gasteiger partial charge in [-0.05, 0) is 46.6 Å². The number of hydrogen-bond acceptors (Lipinski definition) is 4. The Morgan fingerprint density at radius 1 is 1.00 bits per heavy atom. The molecule has 2 N–H and O–H groups in total. The molecule has 0 saturated carbocycles. The Morgan fingerprint density at radius 3 is 2.00 bits per heavy atom. The summed E-state index contributed by atoms with van der Waals surface area (Å²) in [6.45, 7) is 16.2. The summed E-state index contributed by atoms with van der Waals surface area (Å²) in [6, 6.07) is -0.0363. The van der Waals surface area contributed by atoms with Gasteiger partial charge >= 0.3 is 6.09 Å². The number of hydrogen-bond donors (Lipinski definition) is 2. The first-order valence-corrected chi connectivity index (χ1v) is 8.60. The molecule has 0 bridgehead atoms. The minimum Gasteiger partial charge on any atom is -0.444 e. The third-order valence-electron chi connectivity index (χ3n) is 3.22. The van der Waals surface area contributed by atoms with Crippen molar-refractivity contribution >= 4 is 11.9 Å². The molecule has 23 heavy (non-hydrogen) atoms. The molecule has 0 heterocycles. The normalized spacial score (nSPS) is 13.8. The molecule has 0 aliphatic rings. The summed E-state index contributed by atoms with van der Waals surface area (Å²) in [5.41, 5.74) is -1.06. The molecule has 1 amide bonds. The molecular weight excluding hydrogens is 292 g/mol. The number of alkyl carbamates (subject to hydrolysis) is 1. The van der Waals surface area contributed by atoms with Crippen molar-refractivity contribution in [2.75, 3.05) is 6.54 Å². The van der Waals surface area contributed by atoms with Crippen molar-refractivity contribution in [2.24, 2.45) is 5.41 Å². The lowest BCUT2D eigenvalue weighted by atomic mass is 9.85. The number of ketones is 1. The first kappa shape index (κ1) is 21.9. The van der Waals surface area contributed by atoms with Crippen LogP contribution < -0.4 is 10.6 Å². The van der Waals surface area contributed by atoms with E-state index >= 15 is 0 Å². The molecule has 0 rings (SSSR count). The zero-order valence-electron chi connectivity index (χ0n) is 16.2. The van der Waals surface area contributed by atoms with Gasteiger partial charge in [0.15, 0.2) is 5.78 Å². The van der Waals surface area contributed by atoms with Crippen LogP contribution in [0.25, 0.3) is 0 Å². The molecule has 136 valence electrons. The van der Waals surface area contributed by atoms with E-state index < -0.39 is 23.2 Å². The maximum absolute atomic E-state index is 12.6. The largest absolute Gasteiger partial charge is 0.444 e. The standard InChI is InChI=1S/C18H36N2O3/c1-13(2)19-12-10-9-11-14(15(21)17(3,4)5)20-16(22)23-18(6,7)8/h13-14,19H,9-12H2,1-8H3,(H,20,22). The summed E-state index contributed by atoms with van der Waals surface area (Å²) < 4.78 is 5.28. The van der Waals surface area contributed by atoms with Crippen molar-refractivity contribution in [1.29, 1.82) is 0 Å². The third-order valence-corrected chi connectivity index (χ3v) is 3.22. The van der Waals surface area contributed by atoms with Crippen LogP contribution in [0.2, 0.25) is 0 Å². The summed E-state index contributed by atoms with van der Waals surface area (Å²) in [4.78, 5) is 24.5. The summed E-state index contributed by atoms with van der Waals surface area (Å²) >= 11 is 0. The minimum absolute atomic E-state index is 0.0418. The van der Waals surface area contributed by atoms with E-state index in [-0.39, 0.29) is 5.78 Å². The predicted molar refractivity (Wildman–Crippen MR) is 94.6 cm³/mol. The van der Waals surface area contributed by atoms with E-state index in [0.717, 1.165) is 19.4 Å². The van der Waals surface area contributed by atoms with Crippen molar-refractivity contribution in [1.82, 2.24) is 10.6 Å². The Kier molecular flexibility index (Phi) is 8.82. The molecule has 0 aliphatic heterocycles. The SMILES string of the molecule is CC(C)NCCCCC(NC(=O)OC(C)(C)C)C(=O)C(C)(C)C. The molecule has 0 spiro atoms. The van der Waals surface area contributed by atoms with Crippen LogP contribution in [0.1, 0.15) is 74.7 Å². The molecule has 1 atom stereocenters. The van der Waals surface area contributed by atoms with Crippen molar-refractivity contribution in [3.63, 3.8) is 0 Å². The molecule has 0 radical (unpaired) electrons. The van der Waals surface area contributed by atoms with E-state index in [0.29, 0.717) is 12.5 Å². The molecule has 0 saturated heterocycles. The first-order chi connectivity index (χ1) is 10.3. The average molecular weight is 328 g/mol. The van der Waals surface area contributed by atoms with Gasteiger partial charge in [-0.25, -0.2) is 4.79 Å². The highest BCUT2D eigenvalue weighted by atomic mass is 16.6. The maximum Gasteiger partial charge on any atom is 0.408 e. The zero-order chi connectivity index (χ0) is 18.3. The smallest absolute Gasteiger partial charge is 0.408 e. The monoisotopic (exact) mass is 328 g/mol. The molecule has 0 aromatic heterocycles. The van der Waals surface area contributed by atoms with Gasteiger partial charge in [0.25, 0.3) is 0 Å². The van der Waals surface area contributed by atoms with Crippen LogP contribution >= 0.6 is 0 Å². The highest BCUT2D eigenvalue weighted by Gasteiger charge is 2.31. The Hall–Kier alpha value is -1.10. The van der Waals surface area contributed by atoms with Crippen LogP contribution in [0.4, 0.5) is 4.79 Å². The Bertz CT molecular complexity index is 379. The lowest BCUT2D eigenvalue weighted by Gasteiger charge is -2.27. The van der Waals surface area contributed by atoms with Crippen molar-refractivity contribution in [3.05, 3.63) is 0 Å². The van der Waals surface area contributed by atoms with Gasteiger partial charge in [0.1, 0.15) is 5.60 Å². The van der Waals surface area contributed by atoms with E-state index in [2.05, 4.69) is 24.5 Å². The number of carbonyl (C=O) groups is 2. The number of unbranched alkanes of at least 4 members (excludes halogenated alkanes) is 1. The Balaban J connectivity index is 4.59. The summed E-state index contributed by atoms with van der Waals surface area (Å²) in [7, 11) is 0. The van der Waals surface area contributed by atoms with Crippen molar-refractivity contribution in [3.8, 4) is 0 Å². The van der Waals surface area contributed by atoms with Gasteiger partial charge in [-0.3, -0.25) is 4.79 Å². The fraction of sp³-hybridized carbons (Fsp3) is 0.889. The second kappa shape index (κ2) is 9.26. The van der Waals surface area contributed by atoms with Crippen LogP contribution in [-0.4, -0.2) is 36.1 Å². The summed E-state index contributed by atoms with van der Waals surface area (Å²) in [6.07, 6.45) is 1.96. The van der Waals surface area contributed by atoms with E-state index in [1.54, 1.807) is 0 Å². The molecule has 0 aromatic rings. The van der Waals surface area contributed by atoms with Crippen LogP contribution in [0.15, 0.2) is 0 Å². The highest BCUT2D eigenvalue weighted by Crippen LogP contribution is 2.20. The zero-order valence-corrected chi connectivity index (χ0v) is 16.2. The number of ether oxygens (including phenoxy) is 1. The Labute approximate surface area is 141 Å². The topological polar surface area (TPSA) is 67.4 Å². The van der Waals surface area contributed by atoms with Gasteiger partial charge < -0.3 is 15.4 Å². The van der Waals surface area contributed by atoms with Crippen molar-refractivity contribution < 1.29 is 14.3 Å². The molecule has 0 aliphatic carbocycles. The van der Waals surface area contributed by atoms with Crippen LogP contribution in [0.5, 0.6) is 0 Å².